The summed E-state index contributed by atoms with van der Waals surface area (Å²) in [6.07, 6.45) is 0.530. The Morgan fingerprint density at radius 1 is 0.690 bits per heavy atom. The molecule has 226 valence electrons. The number of hydrogen-bond acceptors (Lipinski definition) is 7. The van der Waals surface area contributed by atoms with Crippen LogP contribution in [0.15, 0.2) is 48.5 Å². The molecule has 10 nitrogen and oxygen atoms in total. The maximum absolute atomic E-state index is 13.2. The number of fused-ring (bicyclic) bond motifs is 2. The SMILES string of the molecule is CCNC(=O)CCOCCOCCOCCOCCNC(=O)CCC(=O)N1Cc2ccccc2C#Cc2ccccc21. The highest BCUT2D eigenvalue weighted by atomic mass is 16.6. The number of nitrogens with zero attached hydrogens (tertiary/aromatic N) is 1. The van der Waals surface area contributed by atoms with Crippen molar-refractivity contribution < 1.29 is 33.3 Å². The van der Waals surface area contributed by atoms with Crippen molar-refractivity contribution in [3.05, 3.63) is 65.2 Å². The summed E-state index contributed by atoms with van der Waals surface area (Å²) in [6.45, 7) is 6.54. The van der Waals surface area contributed by atoms with E-state index in [4.69, 9.17) is 18.9 Å². The van der Waals surface area contributed by atoms with Crippen molar-refractivity contribution in [3.63, 3.8) is 0 Å². The van der Waals surface area contributed by atoms with Crippen LogP contribution in [-0.4, -0.2) is 83.7 Å². The van der Waals surface area contributed by atoms with Crippen LogP contribution in [0, 0.1) is 11.8 Å². The van der Waals surface area contributed by atoms with Crippen LogP contribution in [0.3, 0.4) is 0 Å². The molecule has 1 heterocycles. The Hall–Kier alpha value is -3.75. The van der Waals surface area contributed by atoms with E-state index in [9.17, 15) is 14.4 Å². The summed E-state index contributed by atoms with van der Waals surface area (Å²) in [6, 6.07) is 15.4. The number of ether oxygens (including phenoxy) is 4. The minimum Gasteiger partial charge on any atom is -0.379 e. The van der Waals surface area contributed by atoms with E-state index in [0.717, 1.165) is 22.4 Å². The van der Waals surface area contributed by atoms with Crippen molar-refractivity contribution in [2.75, 3.05) is 70.8 Å². The molecule has 0 unspecified atom stereocenters. The lowest BCUT2D eigenvalue weighted by Gasteiger charge is -2.26. The number of carbonyl (C=O) groups is 3. The highest BCUT2D eigenvalue weighted by Gasteiger charge is 2.21. The molecular formula is C32H41N3O7. The molecule has 3 rings (SSSR count). The van der Waals surface area contributed by atoms with E-state index < -0.39 is 0 Å². The monoisotopic (exact) mass is 579 g/mol. The number of nitrogens with one attached hydrogen (secondary N) is 2. The van der Waals surface area contributed by atoms with Gasteiger partial charge in [-0.1, -0.05) is 42.2 Å². The van der Waals surface area contributed by atoms with Crippen molar-refractivity contribution in [2.45, 2.75) is 32.7 Å². The Morgan fingerprint density at radius 2 is 1.26 bits per heavy atom. The minimum atomic E-state index is -0.200. The maximum atomic E-state index is 13.2. The predicted molar refractivity (Wildman–Crippen MR) is 159 cm³/mol. The number of para-hydroxylation sites is 1. The maximum Gasteiger partial charge on any atom is 0.227 e. The average Bonchev–Trinajstić information content (AvgIpc) is 2.99. The second kappa shape index (κ2) is 19.4. The quantitative estimate of drug-likeness (QED) is 0.194. The Balaban J connectivity index is 1.21. The smallest absolute Gasteiger partial charge is 0.227 e. The summed E-state index contributed by atoms with van der Waals surface area (Å²) in [4.78, 5) is 38.6. The van der Waals surface area contributed by atoms with Gasteiger partial charge in [-0.3, -0.25) is 14.4 Å². The van der Waals surface area contributed by atoms with Gasteiger partial charge in [0.25, 0.3) is 0 Å². The fourth-order valence-electron chi connectivity index (χ4n) is 4.13. The van der Waals surface area contributed by atoms with Crippen LogP contribution in [0.25, 0.3) is 0 Å². The Labute approximate surface area is 248 Å². The van der Waals surface area contributed by atoms with E-state index in [1.165, 1.54) is 0 Å². The molecule has 3 amide bonds. The molecule has 1 aliphatic heterocycles. The van der Waals surface area contributed by atoms with E-state index in [1.54, 1.807) is 4.90 Å². The van der Waals surface area contributed by atoms with Gasteiger partial charge >= 0.3 is 0 Å². The van der Waals surface area contributed by atoms with Gasteiger partial charge in [0.15, 0.2) is 0 Å². The molecule has 0 saturated heterocycles. The largest absolute Gasteiger partial charge is 0.379 e. The fraction of sp³-hybridized carbons (Fsp3) is 0.469. The third kappa shape index (κ3) is 12.0. The summed E-state index contributed by atoms with van der Waals surface area (Å²) in [5.41, 5.74) is 3.41. The lowest BCUT2D eigenvalue weighted by atomic mass is 10.0. The predicted octanol–water partition coefficient (Wildman–Crippen LogP) is 2.42. The number of carbonyl (C=O) groups excluding carboxylic acids is 3. The summed E-state index contributed by atoms with van der Waals surface area (Å²) in [7, 11) is 0. The molecule has 0 aromatic heterocycles. The molecule has 0 fully saturated rings. The molecule has 2 aromatic rings. The third-order valence-electron chi connectivity index (χ3n) is 6.27. The van der Waals surface area contributed by atoms with Gasteiger partial charge in [-0.25, -0.2) is 0 Å². The van der Waals surface area contributed by atoms with Crippen molar-refractivity contribution in [1.29, 1.82) is 0 Å². The average molecular weight is 580 g/mol. The molecule has 10 heteroatoms. The van der Waals surface area contributed by atoms with Crippen LogP contribution in [-0.2, 0) is 39.9 Å². The van der Waals surface area contributed by atoms with Gasteiger partial charge in [-0.2, -0.15) is 0 Å². The van der Waals surface area contributed by atoms with Gasteiger partial charge in [-0.15, -0.1) is 0 Å². The van der Waals surface area contributed by atoms with Crippen LogP contribution >= 0.6 is 0 Å². The van der Waals surface area contributed by atoms with Crippen LogP contribution in [0.2, 0.25) is 0 Å². The van der Waals surface area contributed by atoms with E-state index in [-0.39, 0.29) is 30.6 Å². The Bertz CT molecular complexity index is 1210. The summed E-state index contributed by atoms with van der Waals surface area (Å²) >= 11 is 0. The summed E-state index contributed by atoms with van der Waals surface area (Å²) in [5.74, 6) is 6.04. The van der Waals surface area contributed by atoms with Gasteiger partial charge in [0.05, 0.1) is 65.1 Å². The second-order valence-electron chi connectivity index (χ2n) is 9.41. The van der Waals surface area contributed by atoms with Gasteiger partial charge in [0, 0.05) is 43.5 Å². The van der Waals surface area contributed by atoms with Crippen molar-refractivity contribution >= 4 is 23.4 Å². The molecule has 0 radical (unpaired) electrons. The van der Waals surface area contributed by atoms with Crippen molar-refractivity contribution in [2.24, 2.45) is 0 Å². The number of anilines is 1. The lowest BCUT2D eigenvalue weighted by molar-refractivity contribution is -0.125. The molecule has 2 aromatic carbocycles. The molecule has 1 aliphatic rings. The molecular weight excluding hydrogens is 538 g/mol. The summed E-state index contributed by atoms with van der Waals surface area (Å²) in [5, 5.41) is 5.51. The van der Waals surface area contributed by atoms with Gasteiger partial charge < -0.3 is 34.5 Å². The standard InChI is InChI=1S/C32H41N3O7/c1-2-33-31(37)15-17-39-19-21-41-23-24-42-22-20-40-18-16-34-30(36)13-14-32(38)35-25-28-9-4-3-7-26(28)11-12-27-8-5-6-10-29(27)35/h3-10H,2,13-25H2,1H3,(H,33,37)(H,34,36). The Kier molecular flexibility index (Phi) is 15.1. The van der Waals surface area contributed by atoms with Gasteiger partial charge in [-0.05, 0) is 30.7 Å². The van der Waals surface area contributed by atoms with Gasteiger partial charge in [0.2, 0.25) is 17.7 Å². The zero-order chi connectivity index (χ0) is 29.8. The molecule has 0 saturated carbocycles. The van der Waals surface area contributed by atoms with Crippen LogP contribution in [0.5, 0.6) is 0 Å². The number of rotatable bonds is 19. The first-order valence-corrected chi connectivity index (χ1v) is 14.4. The zero-order valence-corrected chi connectivity index (χ0v) is 24.3. The lowest BCUT2D eigenvalue weighted by Crippen LogP contribution is -2.34. The van der Waals surface area contributed by atoms with Crippen LogP contribution < -0.4 is 15.5 Å². The molecule has 2 N–H and O–H groups in total. The number of benzene rings is 2. The van der Waals surface area contributed by atoms with Crippen molar-refractivity contribution in [1.82, 2.24) is 10.6 Å². The molecule has 0 atom stereocenters. The zero-order valence-electron chi connectivity index (χ0n) is 24.3. The molecule has 42 heavy (non-hydrogen) atoms. The first kappa shape index (κ1) is 32.8. The van der Waals surface area contributed by atoms with Crippen LogP contribution in [0.4, 0.5) is 5.69 Å². The number of hydrogen-bond donors (Lipinski definition) is 2. The fourth-order valence-corrected chi connectivity index (χ4v) is 4.13. The minimum absolute atomic E-state index is 0.0167. The van der Waals surface area contributed by atoms with E-state index >= 15 is 0 Å². The normalized spacial score (nSPS) is 11.8. The van der Waals surface area contributed by atoms with E-state index in [2.05, 4.69) is 22.5 Å². The second-order valence-corrected chi connectivity index (χ2v) is 9.41. The third-order valence-corrected chi connectivity index (χ3v) is 6.27. The van der Waals surface area contributed by atoms with E-state index in [1.807, 2.05) is 55.5 Å². The molecule has 0 bridgehead atoms. The highest BCUT2D eigenvalue weighted by molar-refractivity contribution is 5.96. The van der Waals surface area contributed by atoms with Crippen LogP contribution in [0.1, 0.15) is 42.9 Å². The topological polar surface area (TPSA) is 115 Å². The summed E-state index contributed by atoms with van der Waals surface area (Å²) < 4.78 is 21.7. The Morgan fingerprint density at radius 3 is 1.98 bits per heavy atom. The first-order chi connectivity index (χ1) is 20.6. The molecule has 0 spiro atoms. The first-order valence-electron chi connectivity index (χ1n) is 14.4. The molecule has 0 aliphatic carbocycles. The van der Waals surface area contributed by atoms with E-state index in [0.29, 0.717) is 78.9 Å². The number of amides is 3. The van der Waals surface area contributed by atoms with Gasteiger partial charge in [0.1, 0.15) is 0 Å². The van der Waals surface area contributed by atoms with Crippen molar-refractivity contribution in [3.8, 4) is 11.8 Å². The highest BCUT2D eigenvalue weighted by Crippen LogP contribution is 2.26.